The topological polar surface area (TPSA) is 107 Å². The summed E-state index contributed by atoms with van der Waals surface area (Å²) in [7, 11) is -3.60. The third kappa shape index (κ3) is 4.70. The Labute approximate surface area is 191 Å². The van der Waals surface area contributed by atoms with E-state index < -0.39 is 10.0 Å². The Bertz CT molecular complexity index is 1180. The molecular weight excluding hydrogens is 452 g/mol. The van der Waals surface area contributed by atoms with Crippen LogP contribution in [0.25, 0.3) is 11.0 Å². The number of furan rings is 1. The normalized spacial score (nSPS) is 16.3. The highest BCUT2D eigenvalue weighted by molar-refractivity contribution is 8.00. The maximum Gasteiger partial charge on any atom is 0.243 e. The number of carbonyl (C=O) groups is 1. The van der Waals surface area contributed by atoms with Crippen LogP contribution in [0.1, 0.15) is 19.6 Å². The number of nitrogens with zero attached hydrogens (tertiary/aromatic N) is 3. The molecule has 0 aliphatic carbocycles. The van der Waals surface area contributed by atoms with Crippen molar-refractivity contribution in [3.8, 4) is 0 Å². The molecule has 11 heteroatoms. The summed E-state index contributed by atoms with van der Waals surface area (Å²) >= 11 is 1.34. The summed E-state index contributed by atoms with van der Waals surface area (Å²) in [6.45, 7) is 6.25. The molecule has 32 heavy (non-hydrogen) atoms. The second-order valence-electron chi connectivity index (χ2n) is 7.36. The van der Waals surface area contributed by atoms with Crippen LogP contribution in [0, 0.1) is 0 Å². The van der Waals surface area contributed by atoms with Gasteiger partial charge in [-0.3, -0.25) is 4.79 Å². The number of thioether (sulfide) groups is 1. The summed E-state index contributed by atoms with van der Waals surface area (Å²) in [5.41, 5.74) is 1.42. The van der Waals surface area contributed by atoms with Crippen LogP contribution >= 0.6 is 11.8 Å². The Morgan fingerprint density at radius 3 is 2.75 bits per heavy atom. The smallest absolute Gasteiger partial charge is 0.243 e. The first-order valence-corrected chi connectivity index (χ1v) is 12.8. The highest BCUT2D eigenvalue weighted by Crippen LogP contribution is 2.29. The summed E-state index contributed by atoms with van der Waals surface area (Å²) in [4.78, 5) is 17.4. The van der Waals surface area contributed by atoms with Gasteiger partial charge in [0, 0.05) is 19.6 Å². The summed E-state index contributed by atoms with van der Waals surface area (Å²) in [6.07, 6.45) is 1.57. The Morgan fingerprint density at radius 2 is 2.06 bits per heavy atom. The summed E-state index contributed by atoms with van der Waals surface area (Å²) < 4.78 is 39.9. The van der Waals surface area contributed by atoms with Crippen molar-refractivity contribution in [3.05, 3.63) is 42.4 Å². The van der Waals surface area contributed by atoms with Gasteiger partial charge in [0.1, 0.15) is 5.76 Å². The lowest BCUT2D eigenvalue weighted by Crippen LogP contribution is -2.40. The van der Waals surface area contributed by atoms with Crippen molar-refractivity contribution in [1.29, 1.82) is 0 Å². The lowest BCUT2D eigenvalue weighted by molar-refractivity contribution is -0.120. The Kier molecular flexibility index (Phi) is 6.89. The predicted molar refractivity (Wildman–Crippen MR) is 121 cm³/mol. The van der Waals surface area contributed by atoms with Gasteiger partial charge in [0.2, 0.25) is 15.9 Å². The monoisotopic (exact) mass is 478 g/mol. The van der Waals surface area contributed by atoms with E-state index in [9.17, 15) is 13.2 Å². The molecule has 172 valence electrons. The average molecular weight is 479 g/mol. The van der Waals surface area contributed by atoms with Gasteiger partial charge < -0.3 is 19.0 Å². The molecule has 0 bridgehead atoms. The third-order valence-corrected chi connectivity index (χ3v) is 8.26. The zero-order valence-corrected chi connectivity index (χ0v) is 19.6. The quantitative estimate of drug-likeness (QED) is 0.496. The van der Waals surface area contributed by atoms with Gasteiger partial charge in [0.15, 0.2) is 5.16 Å². The molecule has 4 rings (SSSR count). The van der Waals surface area contributed by atoms with Crippen LogP contribution in [0.2, 0.25) is 0 Å². The maximum absolute atomic E-state index is 13.0. The van der Waals surface area contributed by atoms with Crippen molar-refractivity contribution < 1.29 is 22.4 Å². The van der Waals surface area contributed by atoms with E-state index in [4.69, 9.17) is 9.15 Å². The van der Waals surface area contributed by atoms with Crippen LogP contribution in [0.4, 0.5) is 0 Å². The van der Waals surface area contributed by atoms with Crippen molar-refractivity contribution in [2.24, 2.45) is 0 Å². The molecule has 2 aromatic heterocycles. The number of nitrogens with one attached hydrogen (secondary N) is 1. The minimum absolute atomic E-state index is 0.128. The number of aryl methyl sites for hydroxylation is 1. The van der Waals surface area contributed by atoms with E-state index in [2.05, 4.69) is 10.3 Å². The molecule has 1 fully saturated rings. The van der Waals surface area contributed by atoms with Crippen LogP contribution in [0.3, 0.4) is 0 Å². The van der Waals surface area contributed by atoms with E-state index in [1.165, 1.54) is 16.1 Å². The van der Waals surface area contributed by atoms with Gasteiger partial charge in [-0.25, -0.2) is 13.4 Å². The first kappa shape index (κ1) is 22.8. The van der Waals surface area contributed by atoms with Crippen LogP contribution in [0.5, 0.6) is 0 Å². The van der Waals surface area contributed by atoms with Crippen molar-refractivity contribution in [1.82, 2.24) is 19.2 Å². The molecule has 1 amide bonds. The molecule has 1 aliphatic rings. The largest absolute Gasteiger partial charge is 0.467 e. The molecule has 0 unspecified atom stereocenters. The predicted octanol–water partition coefficient (Wildman–Crippen LogP) is 2.47. The zero-order valence-electron chi connectivity index (χ0n) is 18.0. The number of aromatic nitrogens is 2. The van der Waals surface area contributed by atoms with Gasteiger partial charge >= 0.3 is 0 Å². The first-order valence-electron chi connectivity index (χ1n) is 10.4. The molecule has 1 atom stereocenters. The Balaban J connectivity index is 1.53. The van der Waals surface area contributed by atoms with Gasteiger partial charge in [0.05, 0.1) is 47.2 Å². The third-order valence-electron chi connectivity index (χ3n) is 5.28. The number of carbonyl (C=O) groups excluding carboxylic acids is 1. The van der Waals surface area contributed by atoms with Gasteiger partial charge in [-0.2, -0.15) is 4.31 Å². The molecule has 3 aromatic rings. The Morgan fingerprint density at radius 1 is 1.28 bits per heavy atom. The zero-order chi connectivity index (χ0) is 22.7. The number of fused-ring (bicyclic) bond motifs is 1. The van der Waals surface area contributed by atoms with E-state index in [1.807, 2.05) is 18.4 Å². The highest BCUT2D eigenvalue weighted by atomic mass is 32.2. The molecule has 0 saturated carbocycles. The van der Waals surface area contributed by atoms with Crippen molar-refractivity contribution in [2.45, 2.75) is 42.2 Å². The van der Waals surface area contributed by atoms with Crippen LogP contribution < -0.4 is 5.32 Å². The maximum atomic E-state index is 13.0. The fourth-order valence-corrected chi connectivity index (χ4v) is 5.96. The number of morpholine rings is 1. The molecule has 0 spiro atoms. The highest BCUT2D eigenvalue weighted by Gasteiger charge is 2.27. The van der Waals surface area contributed by atoms with Gasteiger partial charge in [-0.1, -0.05) is 11.8 Å². The molecular formula is C21H26N4O5S2. The first-order chi connectivity index (χ1) is 15.4. The Hall–Kier alpha value is -2.34. The molecule has 1 aliphatic heterocycles. The number of ether oxygens (including phenoxy) is 1. The molecule has 3 heterocycles. The number of amides is 1. The number of hydrogen-bond acceptors (Lipinski definition) is 7. The molecule has 1 aromatic carbocycles. The summed E-state index contributed by atoms with van der Waals surface area (Å²) in [5.74, 6) is 0.557. The average Bonchev–Trinajstić information content (AvgIpc) is 3.44. The van der Waals surface area contributed by atoms with E-state index >= 15 is 0 Å². The van der Waals surface area contributed by atoms with E-state index in [0.29, 0.717) is 55.8 Å². The minimum Gasteiger partial charge on any atom is -0.467 e. The summed E-state index contributed by atoms with van der Waals surface area (Å²) in [5, 5.41) is 3.14. The second kappa shape index (κ2) is 9.65. The molecule has 1 N–H and O–H groups in total. The standard InChI is InChI=1S/C21H26N4O5S2/c1-3-25-19-7-6-17(32(27,28)24-8-11-29-12-9-24)13-18(19)23-21(25)31-15(2)20(26)22-14-16-5-4-10-30-16/h4-7,10,13,15H,3,8-9,11-12,14H2,1-2H3,(H,22,26)/t15-/m0/s1. The summed E-state index contributed by atoms with van der Waals surface area (Å²) in [6, 6.07) is 8.59. The number of rotatable bonds is 8. The lowest BCUT2D eigenvalue weighted by Gasteiger charge is -2.26. The van der Waals surface area contributed by atoms with Gasteiger partial charge in [-0.05, 0) is 44.2 Å². The lowest BCUT2D eigenvalue weighted by atomic mass is 10.3. The van der Waals surface area contributed by atoms with E-state index in [1.54, 1.807) is 36.6 Å². The van der Waals surface area contributed by atoms with Crippen molar-refractivity contribution in [3.63, 3.8) is 0 Å². The van der Waals surface area contributed by atoms with Crippen molar-refractivity contribution >= 4 is 38.7 Å². The molecule has 9 nitrogen and oxygen atoms in total. The number of benzene rings is 1. The molecule has 0 radical (unpaired) electrons. The fourth-order valence-electron chi connectivity index (χ4n) is 3.52. The van der Waals surface area contributed by atoms with Crippen LogP contribution in [-0.2, 0) is 32.6 Å². The minimum atomic E-state index is -3.60. The van der Waals surface area contributed by atoms with Gasteiger partial charge in [-0.15, -0.1) is 0 Å². The number of hydrogen-bond donors (Lipinski definition) is 1. The van der Waals surface area contributed by atoms with Crippen molar-refractivity contribution in [2.75, 3.05) is 26.3 Å². The number of sulfonamides is 1. The second-order valence-corrected chi connectivity index (χ2v) is 10.6. The van der Waals surface area contributed by atoms with E-state index in [0.717, 1.165) is 5.52 Å². The van der Waals surface area contributed by atoms with Gasteiger partial charge in [0.25, 0.3) is 0 Å². The fraction of sp³-hybridized carbons (Fsp3) is 0.429. The molecule has 1 saturated heterocycles. The number of imidazole rings is 1. The SMILES string of the molecule is CCn1c(S[C@@H](C)C(=O)NCc2ccco2)nc2cc(S(=O)(=O)N3CCOCC3)ccc21. The van der Waals surface area contributed by atoms with Crippen LogP contribution in [-0.4, -0.2) is 59.7 Å². The van der Waals surface area contributed by atoms with E-state index in [-0.39, 0.29) is 16.1 Å². The van der Waals surface area contributed by atoms with Crippen LogP contribution in [0.15, 0.2) is 51.1 Å².